The van der Waals surface area contributed by atoms with Crippen LogP contribution in [-0.2, 0) is 0 Å². The van der Waals surface area contributed by atoms with Crippen LogP contribution in [0.3, 0.4) is 0 Å². The van der Waals surface area contributed by atoms with E-state index in [4.69, 9.17) is 4.74 Å². The lowest BCUT2D eigenvalue weighted by Gasteiger charge is -2.07. The van der Waals surface area contributed by atoms with E-state index >= 15 is 0 Å². The quantitative estimate of drug-likeness (QED) is 0.513. The van der Waals surface area contributed by atoms with Gasteiger partial charge in [0.15, 0.2) is 0 Å². The molecule has 0 heterocycles. The molecule has 0 spiro atoms. The largest absolute Gasteiger partial charge is 0.423 e. The summed E-state index contributed by atoms with van der Waals surface area (Å²) >= 11 is 0. The number of benzene rings is 3. The molecule has 3 aromatic rings. The maximum Gasteiger partial charge on any atom is 0.344 e. The summed E-state index contributed by atoms with van der Waals surface area (Å²) < 4.78 is 18.3. The Bertz CT molecular complexity index is 775. The molecule has 3 rings (SSSR count). The second kappa shape index (κ2) is 5.13. The summed E-state index contributed by atoms with van der Waals surface area (Å²) in [6, 6.07) is 18.5. The van der Waals surface area contributed by atoms with E-state index in [1.165, 1.54) is 18.2 Å². The van der Waals surface area contributed by atoms with Crippen LogP contribution in [0, 0.1) is 5.82 Å². The zero-order chi connectivity index (χ0) is 13.9. The van der Waals surface area contributed by atoms with Crippen molar-refractivity contribution in [3.8, 4) is 5.75 Å². The molecule has 0 aliphatic carbocycles. The summed E-state index contributed by atoms with van der Waals surface area (Å²) in [6.45, 7) is 0. The lowest BCUT2D eigenvalue weighted by Crippen LogP contribution is -2.09. The number of hydrogen-bond donors (Lipinski definition) is 0. The van der Waals surface area contributed by atoms with E-state index in [-0.39, 0.29) is 5.75 Å². The van der Waals surface area contributed by atoms with Gasteiger partial charge in [0, 0.05) is 6.07 Å². The van der Waals surface area contributed by atoms with Crippen LogP contribution in [0.25, 0.3) is 10.8 Å². The Hall–Kier alpha value is -2.68. The maximum absolute atomic E-state index is 13.1. The van der Waals surface area contributed by atoms with Crippen LogP contribution in [-0.4, -0.2) is 5.97 Å². The topological polar surface area (TPSA) is 26.3 Å². The van der Waals surface area contributed by atoms with Gasteiger partial charge in [-0.2, -0.15) is 0 Å². The van der Waals surface area contributed by atoms with Gasteiger partial charge in [-0.05, 0) is 29.0 Å². The molecule has 20 heavy (non-hydrogen) atoms. The number of esters is 1. The highest BCUT2D eigenvalue weighted by atomic mass is 19.1. The van der Waals surface area contributed by atoms with Gasteiger partial charge < -0.3 is 4.74 Å². The first-order valence-electron chi connectivity index (χ1n) is 6.19. The van der Waals surface area contributed by atoms with Crippen molar-refractivity contribution in [2.45, 2.75) is 0 Å². The van der Waals surface area contributed by atoms with Gasteiger partial charge in [0.25, 0.3) is 0 Å². The van der Waals surface area contributed by atoms with E-state index in [1.54, 1.807) is 18.2 Å². The van der Waals surface area contributed by atoms with Crippen LogP contribution >= 0.6 is 0 Å². The van der Waals surface area contributed by atoms with Crippen molar-refractivity contribution in [1.82, 2.24) is 0 Å². The van der Waals surface area contributed by atoms with Crippen molar-refractivity contribution in [3.63, 3.8) is 0 Å². The zero-order valence-electron chi connectivity index (χ0n) is 10.5. The number of fused-ring (bicyclic) bond motifs is 1. The van der Waals surface area contributed by atoms with Crippen molar-refractivity contribution in [3.05, 3.63) is 78.1 Å². The van der Waals surface area contributed by atoms with Crippen LogP contribution in [0.15, 0.2) is 66.7 Å². The summed E-state index contributed by atoms with van der Waals surface area (Å²) in [5, 5.41) is 1.78. The van der Waals surface area contributed by atoms with Crippen LogP contribution in [0.2, 0.25) is 0 Å². The van der Waals surface area contributed by atoms with Gasteiger partial charge in [0.1, 0.15) is 11.6 Å². The molecule has 0 bridgehead atoms. The monoisotopic (exact) mass is 266 g/mol. The van der Waals surface area contributed by atoms with Gasteiger partial charge in [-0.1, -0.05) is 42.5 Å². The van der Waals surface area contributed by atoms with E-state index in [0.717, 1.165) is 10.8 Å². The van der Waals surface area contributed by atoms with E-state index < -0.39 is 11.8 Å². The third-order valence-corrected chi connectivity index (χ3v) is 3.02. The Balaban J connectivity index is 1.97. The molecule has 0 saturated carbocycles. The lowest BCUT2D eigenvalue weighted by atomic mass is 10.0. The van der Waals surface area contributed by atoms with E-state index in [0.29, 0.717) is 5.56 Å². The second-order valence-corrected chi connectivity index (χ2v) is 4.37. The molecule has 3 heteroatoms. The Morgan fingerprint density at radius 2 is 1.65 bits per heavy atom. The average Bonchev–Trinajstić information content (AvgIpc) is 2.46. The van der Waals surface area contributed by atoms with Crippen LogP contribution < -0.4 is 4.74 Å². The molecular formula is C17H11FO2. The van der Waals surface area contributed by atoms with E-state index in [1.807, 2.05) is 30.3 Å². The summed E-state index contributed by atoms with van der Waals surface area (Å²) in [5.74, 6) is -0.733. The SMILES string of the molecule is O=C(Oc1cccc(F)c1)c1cccc2ccccc12. The molecule has 0 aliphatic heterocycles. The van der Waals surface area contributed by atoms with Crippen molar-refractivity contribution < 1.29 is 13.9 Å². The maximum atomic E-state index is 13.1. The highest BCUT2D eigenvalue weighted by Crippen LogP contribution is 2.21. The summed E-state index contributed by atoms with van der Waals surface area (Å²) in [7, 11) is 0. The third-order valence-electron chi connectivity index (χ3n) is 3.02. The Morgan fingerprint density at radius 1 is 0.900 bits per heavy atom. The van der Waals surface area contributed by atoms with Crippen LogP contribution in [0.1, 0.15) is 10.4 Å². The van der Waals surface area contributed by atoms with Crippen LogP contribution in [0.4, 0.5) is 4.39 Å². The number of halogens is 1. The van der Waals surface area contributed by atoms with E-state index in [9.17, 15) is 9.18 Å². The van der Waals surface area contributed by atoms with Gasteiger partial charge in [0.2, 0.25) is 0 Å². The second-order valence-electron chi connectivity index (χ2n) is 4.37. The standard InChI is InChI=1S/C17H11FO2/c18-13-7-4-8-14(11-13)20-17(19)16-10-3-6-12-5-1-2-9-15(12)16/h1-11H. The fraction of sp³-hybridized carbons (Fsp3) is 0. The molecule has 98 valence electrons. The van der Waals surface area contributed by atoms with Crippen molar-refractivity contribution in [1.29, 1.82) is 0 Å². The van der Waals surface area contributed by atoms with Crippen molar-refractivity contribution >= 4 is 16.7 Å². The predicted octanol–water partition coefficient (Wildman–Crippen LogP) is 4.20. The number of hydrogen-bond acceptors (Lipinski definition) is 2. The zero-order valence-corrected chi connectivity index (χ0v) is 10.5. The first-order valence-corrected chi connectivity index (χ1v) is 6.19. The molecule has 0 radical (unpaired) electrons. The predicted molar refractivity (Wildman–Crippen MR) is 75.3 cm³/mol. The first-order chi connectivity index (χ1) is 9.74. The molecule has 0 aromatic heterocycles. The summed E-state index contributed by atoms with van der Waals surface area (Å²) in [5.41, 5.74) is 0.465. The summed E-state index contributed by atoms with van der Waals surface area (Å²) in [4.78, 5) is 12.2. The van der Waals surface area contributed by atoms with Gasteiger partial charge in [0.05, 0.1) is 5.56 Å². The molecule has 0 atom stereocenters. The van der Waals surface area contributed by atoms with Gasteiger partial charge in [-0.15, -0.1) is 0 Å². The molecule has 0 aliphatic rings. The Morgan fingerprint density at radius 3 is 2.50 bits per heavy atom. The highest BCUT2D eigenvalue weighted by Gasteiger charge is 2.12. The molecule has 2 nitrogen and oxygen atoms in total. The minimum atomic E-state index is -0.493. The minimum Gasteiger partial charge on any atom is -0.423 e. The Labute approximate surface area is 115 Å². The molecule has 0 amide bonds. The summed E-state index contributed by atoms with van der Waals surface area (Å²) in [6.07, 6.45) is 0. The molecule has 0 saturated heterocycles. The van der Waals surface area contributed by atoms with Gasteiger partial charge in [-0.25, -0.2) is 9.18 Å². The van der Waals surface area contributed by atoms with Gasteiger partial charge in [-0.3, -0.25) is 0 Å². The molecule has 3 aromatic carbocycles. The molecule has 0 N–H and O–H groups in total. The lowest BCUT2D eigenvalue weighted by molar-refractivity contribution is 0.0736. The number of carbonyl (C=O) groups excluding carboxylic acids is 1. The fourth-order valence-corrected chi connectivity index (χ4v) is 2.10. The average molecular weight is 266 g/mol. The fourth-order valence-electron chi connectivity index (χ4n) is 2.10. The van der Waals surface area contributed by atoms with Crippen LogP contribution in [0.5, 0.6) is 5.75 Å². The highest BCUT2D eigenvalue weighted by molar-refractivity contribution is 6.05. The van der Waals surface area contributed by atoms with Gasteiger partial charge >= 0.3 is 5.97 Å². The molecule has 0 fully saturated rings. The smallest absolute Gasteiger partial charge is 0.344 e. The van der Waals surface area contributed by atoms with E-state index in [2.05, 4.69) is 0 Å². The third kappa shape index (κ3) is 2.38. The number of carbonyl (C=O) groups is 1. The van der Waals surface area contributed by atoms with Crippen molar-refractivity contribution in [2.24, 2.45) is 0 Å². The van der Waals surface area contributed by atoms with Crippen molar-refractivity contribution in [2.75, 3.05) is 0 Å². The normalized spacial score (nSPS) is 10.4. The first kappa shape index (κ1) is 12.4. The molecule has 0 unspecified atom stereocenters. The Kier molecular flexibility index (Phi) is 3.17. The number of ether oxygens (including phenoxy) is 1. The number of rotatable bonds is 2. The minimum absolute atomic E-state index is 0.197. The molecular weight excluding hydrogens is 255 g/mol.